The van der Waals surface area contributed by atoms with Crippen molar-refractivity contribution in [1.29, 1.82) is 0 Å². The van der Waals surface area contributed by atoms with Crippen molar-refractivity contribution in [3.05, 3.63) is 0 Å². The summed E-state index contributed by atoms with van der Waals surface area (Å²) in [5.74, 6) is -2.16. The van der Waals surface area contributed by atoms with Crippen LogP contribution in [0.2, 0.25) is 0 Å². The molecule has 1 aliphatic rings. The first kappa shape index (κ1) is 10.8. The number of nitrogens with one attached hydrogen (secondary N) is 1. The lowest BCUT2D eigenvalue weighted by molar-refractivity contribution is -0.175. The van der Waals surface area contributed by atoms with Crippen molar-refractivity contribution in [2.24, 2.45) is 0 Å². The van der Waals surface area contributed by atoms with Gasteiger partial charge < -0.3 is 10.2 Å². The quantitative estimate of drug-likeness (QED) is 0.656. The number of hydrogen-bond donors (Lipinski definition) is 1. The van der Waals surface area contributed by atoms with E-state index >= 15 is 0 Å². The molecule has 7 heteroatoms. The number of amides is 2. The van der Waals surface area contributed by atoms with E-state index < -0.39 is 18.1 Å². The monoisotopic (exact) mass is 210 g/mol. The molecule has 0 aromatic rings. The van der Waals surface area contributed by atoms with E-state index in [2.05, 4.69) is 0 Å². The summed E-state index contributed by atoms with van der Waals surface area (Å²) in [5, 5.41) is 1.78. The Labute approximate surface area is 78.1 Å². The second-order valence-electron chi connectivity index (χ2n) is 3.09. The highest BCUT2D eigenvalue weighted by Crippen LogP contribution is 2.16. The number of hydrogen-bond acceptors (Lipinski definition) is 2. The van der Waals surface area contributed by atoms with E-state index in [-0.39, 0.29) is 19.0 Å². The minimum Gasteiger partial charge on any atom is -0.342 e. The lowest BCUT2D eigenvalue weighted by atomic mass is 10.1. The topological polar surface area (TPSA) is 49.4 Å². The largest absolute Gasteiger partial charge is 0.471 e. The zero-order chi connectivity index (χ0) is 10.9. The third kappa shape index (κ3) is 2.36. The van der Waals surface area contributed by atoms with Crippen molar-refractivity contribution in [2.75, 3.05) is 13.1 Å². The number of carbonyl (C=O) groups is 2. The van der Waals surface area contributed by atoms with Crippen LogP contribution in [0.25, 0.3) is 0 Å². The van der Waals surface area contributed by atoms with Crippen LogP contribution in [-0.2, 0) is 9.59 Å². The van der Waals surface area contributed by atoms with Gasteiger partial charge in [0.1, 0.15) is 0 Å². The van der Waals surface area contributed by atoms with Gasteiger partial charge in [0.25, 0.3) is 0 Å². The molecule has 1 heterocycles. The van der Waals surface area contributed by atoms with Crippen LogP contribution >= 0.6 is 0 Å². The molecule has 0 bridgehead atoms. The van der Waals surface area contributed by atoms with Gasteiger partial charge in [-0.15, -0.1) is 0 Å². The molecule has 0 aromatic heterocycles. The average molecular weight is 210 g/mol. The number of carbonyl (C=O) groups excluding carboxylic acids is 2. The number of halogens is 3. The van der Waals surface area contributed by atoms with Crippen molar-refractivity contribution in [3.8, 4) is 0 Å². The van der Waals surface area contributed by atoms with Crippen molar-refractivity contribution in [3.63, 3.8) is 0 Å². The lowest BCUT2D eigenvalue weighted by Crippen LogP contribution is -2.62. The Bertz CT molecular complexity index is 258. The van der Waals surface area contributed by atoms with Gasteiger partial charge in [-0.25, -0.2) is 0 Å². The molecular weight excluding hydrogens is 201 g/mol. The maximum Gasteiger partial charge on any atom is 0.471 e. The fourth-order valence-corrected chi connectivity index (χ4v) is 1.09. The van der Waals surface area contributed by atoms with Crippen LogP contribution in [-0.4, -0.2) is 42.0 Å². The Morgan fingerprint density at radius 1 is 1.36 bits per heavy atom. The van der Waals surface area contributed by atoms with E-state index in [0.717, 1.165) is 0 Å². The first-order valence-corrected chi connectivity index (χ1v) is 3.94. The standard InChI is InChI=1S/C7H9F3N2O2/c1-4(13)12-2-5(3-12)11-6(14)7(8,9)10/h5H,2-3H2,1H3,(H,11,14). The van der Waals surface area contributed by atoms with Crippen LogP contribution in [0.1, 0.15) is 6.92 Å². The fraction of sp³-hybridized carbons (Fsp3) is 0.714. The Kier molecular flexibility index (Phi) is 2.68. The zero-order valence-electron chi connectivity index (χ0n) is 7.39. The lowest BCUT2D eigenvalue weighted by Gasteiger charge is -2.38. The predicted molar refractivity (Wildman–Crippen MR) is 40.2 cm³/mol. The Morgan fingerprint density at radius 3 is 2.21 bits per heavy atom. The summed E-state index contributed by atoms with van der Waals surface area (Å²) in [6.45, 7) is 1.62. The molecule has 80 valence electrons. The summed E-state index contributed by atoms with van der Waals surface area (Å²) in [7, 11) is 0. The van der Waals surface area contributed by atoms with Crippen molar-refractivity contribution >= 4 is 11.8 Å². The maximum absolute atomic E-state index is 11.7. The van der Waals surface area contributed by atoms with Crippen LogP contribution in [0.5, 0.6) is 0 Å². The van der Waals surface area contributed by atoms with E-state index in [1.54, 1.807) is 5.32 Å². The third-order valence-electron chi connectivity index (χ3n) is 1.92. The molecule has 0 radical (unpaired) electrons. The Hall–Kier alpha value is -1.27. The molecule has 0 aliphatic carbocycles. The molecule has 4 nitrogen and oxygen atoms in total. The molecule has 0 saturated carbocycles. The molecular formula is C7H9F3N2O2. The van der Waals surface area contributed by atoms with Crippen LogP contribution in [0.3, 0.4) is 0 Å². The summed E-state index contributed by atoms with van der Waals surface area (Å²) in [4.78, 5) is 22.4. The smallest absolute Gasteiger partial charge is 0.342 e. The van der Waals surface area contributed by atoms with Crippen molar-refractivity contribution in [2.45, 2.75) is 19.1 Å². The van der Waals surface area contributed by atoms with Gasteiger partial charge in [0, 0.05) is 20.0 Å². The normalized spacial score (nSPS) is 17.6. The molecule has 1 saturated heterocycles. The minimum atomic E-state index is -4.85. The highest BCUT2D eigenvalue weighted by Gasteiger charge is 2.41. The molecule has 0 spiro atoms. The van der Waals surface area contributed by atoms with Crippen LogP contribution in [0.15, 0.2) is 0 Å². The van der Waals surface area contributed by atoms with Gasteiger partial charge in [-0.1, -0.05) is 0 Å². The fourth-order valence-electron chi connectivity index (χ4n) is 1.09. The maximum atomic E-state index is 11.7. The van der Waals surface area contributed by atoms with E-state index in [0.29, 0.717) is 0 Å². The SMILES string of the molecule is CC(=O)N1CC(NC(=O)C(F)(F)F)C1. The molecule has 14 heavy (non-hydrogen) atoms. The summed E-state index contributed by atoms with van der Waals surface area (Å²) in [6, 6.07) is -0.576. The van der Waals surface area contributed by atoms with Crippen LogP contribution in [0.4, 0.5) is 13.2 Å². The van der Waals surface area contributed by atoms with E-state index in [1.807, 2.05) is 0 Å². The van der Waals surface area contributed by atoms with Gasteiger partial charge in [-0.2, -0.15) is 13.2 Å². The molecule has 1 N–H and O–H groups in total. The summed E-state index contributed by atoms with van der Waals surface area (Å²) in [6.07, 6.45) is -4.85. The second kappa shape index (κ2) is 3.47. The first-order valence-electron chi connectivity index (χ1n) is 3.94. The average Bonchev–Trinajstić information content (AvgIpc) is 1.92. The Morgan fingerprint density at radius 2 is 1.86 bits per heavy atom. The van der Waals surface area contributed by atoms with Crippen molar-refractivity contribution < 1.29 is 22.8 Å². The summed E-state index contributed by atoms with van der Waals surface area (Å²) < 4.78 is 35.2. The van der Waals surface area contributed by atoms with Gasteiger partial charge in [-0.3, -0.25) is 9.59 Å². The number of nitrogens with zero attached hydrogens (tertiary/aromatic N) is 1. The summed E-state index contributed by atoms with van der Waals surface area (Å²) in [5.41, 5.74) is 0. The van der Waals surface area contributed by atoms with Crippen LogP contribution < -0.4 is 5.32 Å². The van der Waals surface area contributed by atoms with Gasteiger partial charge in [0.15, 0.2) is 0 Å². The zero-order valence-corrected chi connectivity index (χ0v) is 7.39. The predicted octanol–water partition coefficient (Wildman–Crippen LogP) is -0.104. The van der Waals surface area contributed by atoms with Gasteiger partial charge in [-0.05, 0) is 0 Å². The molecule has 2 amide bonds. The highest BCUT2D eigenvalue weighted by molar-refractivity contribution is 5.82. The molecule has 1 aliphatic heterocycles. The van der Waals surface area contributed by atoms with E-state index in [4.69, 9.17) is 0 Å². The van der Waals surface area contributed by atoms with E-state index in [1.165, 1.54) is 11.8 Å². The molecule has 0 atom stereocenters. The van der Waals surface area contributed by atoms with Crippen molar-refractivity contribution in [1.82, 2.24) is 10.2 Å². The number of likely N-dealkylation sites (tertiary alicyclic amines) is 1. The second-order valence-corrected chi connectivity index (χ2v) is 3.09. The van der Waals surface area contributed by atoms with Gasteiger partial charge in [0.05, 0.1) is 6.04 Å². The van der Waals surface area contributed by atoms with Gasteiger partial charge in [0.2, 0.25) is 5.91 Å². The molecule has 0 unspecified atom stereocenters. The molecule has 1 rings (SSSR count). The Balaban J connectivity index is 2.30. The van der Waals surface area contributed by atoms with Gasteiger partial charge >= 0.3 is 12.1 Å². The minimum absolute atomic E-state index is 0.150. The van der Waals surface area contributed by atoms with Crippen LogP contribution in [0, 0.1) is 0 Å². The van der Waals surface area contributed by atoms with E-state index in [9.17, 15) is 22.8 Å². The third-order valence-corrected chi connectivity index (χ3v) is 1.92. The number of alkyl halides is 3. The highest BCUT2D eigenvalue weighted by atomic mass is 19.4. The summed E-state index contributed by atoms with van der Waals surface area (Å²) >= 11 is 0. The number of rotatable bonds is 1. The molecule has 1 fully saturated rings. The first-order chi connectivity index (χ1) is 6.30. The molecule has 0 aromatic carbocycles.